The van der Waals surface area contributed by atoms with E-state index < -0.39 is 0 Å². The molecule has 1 aromatic carbocycles. The van der Waals surface area contributed by atoms with Crippen molar-refractivity contribution in [3.05, 3.63) is 51.1 Å². The van der Waals surface area contributed by atoms with E-state index in [1.807, 2.05) is 30.0 Å². The minimum atomic E-state index is -0.0362. The Bertz CT molecular complexity index is 715. The van der Waals surface area contributed by atoms with Crippen LogP contribution in [0.2, 0.25) is 5.02 Å². The van der Waals surface area contributed by atoms with Gasteiger partial charge in [0.25, 0.3) is 5.91 Å². The summed E-state index contributed by atoms with van der Waals surface area (Å²) in [5.41, 5.74) is 1.43. The van der Waals surface area contributed by atoms with Gasteiger partial charge in [-0.05, 0) is 37.3 Å². The van der Waals surface area contributed by atoms with E-state index in [4.69, 9.17) is 11.6 Å². The van der Waals surface area contributed by atoms with Gasteiger partial charge in [0.05, 0.1) is 16.3 Å². The highest BCUT2D eigenvalue weighted by atomic mass is 79.9. The summed E-state index contributed by atoms with van der Waals surface area (Å²) in [5, 5.41) is 8.76. The summed E-state index contributed by atoms with van der Waals surface area (Å²) in [4.78, 5) is 16.6. The van der Waals surface area contributed by atoms with Crippen LogP contribution in [0, 0.1) is 6.92 Å². The number of hydrogen-bond donors (Lipinski definition) is 0. The number of halogens is 2. The Morgan fingerprint density at radius 1 is 1.13 bits per heavy atom. The van der Waals surface area contributed by atoms with Crippen LogP contribution < -0.4 is 4.90 Å². The highest BCUT2D eigenvalue weighted by Gasteiger charge is 2.24. The number of hydrogen-bond acceptors (Lipinski definition) is 4. The third-order valence-electron chi connectivity index (χ3n) is 3.83. The summed E-state index contributed by atoms with van der Waals surface area (Å²) < 4.78 is 0.846. The highest BCUT2D eigenvalue weighted by molar-refractivity contribution is 9.10. The van der Waals surface area contributed by atoms with Gasteiger partial charge in [-0.3, -0.25) is 4.79 Å². The van der Waals surface area contributed by atoms with E-state index in [-0.39, 0.29) is 5.91 Å². The van der Waals surface area contributed by atoms with E-state index in [1.54, 1.807) is 12.1 Å². The van der Waals surface area contributed by atoms with Crippen molar-refractivity contribution in [3.63, 3.8) is 0 Å². The Morgan fingerprint density at radius 3 is 2.52 bits per heavy atom. The van der Waals surface area contributed by atoms with Gasteiger partial charge in [-0.1, -0.05) is 27.5 Å². The van der Waals surface area contributed by atoms with Gasteiger partial charge in [0, 0.05) is 30.7 Å². The molecule has 1 aliphatic rings. The highest BCUT2D eigenvalue weighted by Crippen LogP contribution is 2.23. The number of rotatable bonds is 2. The molecule has 3 rings (SSSR count). The average molecular weight is 396 g/mol. The fraction of sp³-hybridized carbons (Fsp3) is 0.312. The van der Waals surface area contributed by atoms with E-state index in [1.165, 1.54) is 0 Å². The molecule has 0 atom stereocenters. The van der Waals surface area contributed by atoms with Crippen LogP contribution in [-0.4, -0.2) is 47.2 Å². The van der Waals surface area contributed by atoms with Crippen molar-refractivity contribution >= 4 is 39.3 Å². The lowest BCUT2D eigenvalue weighted by Gasteiger charge is -2.35. The molecule has 2 heterocycles. The Kier molecular flexibility index (Phi) is 4.82. The lowest BCUT2D eigenvalue weighted by atomic mass is 10.2. The SMILES string of the molecule is Cc1ccc(N2CCN(C(=O)c3cc(Br)ccc3Cl)CC2)nn1. The van der Waals surface area contributed by atoms with E-state index in [0.717, 1.165) is 29.1 Å². The number of amides is 1. The van der Waals surface area contributed by atoms with E-state index in [9.17, 15) is 4.79 Å². The van der Waals surface area contributed by atoms with Gasteiger partial charge in [0.15, 0.2) is 5.82 Å². The summed E-state index contributed by atoms with van der Waals surface area (Å²) in [5.74, 6) is 0.814. The molecule has 5 nitrogen and oxygen atoms in total. The third kappa shape index (κ3) is 3.64. The lowest BCUT2D eigenvalue weighted by Crippen LogP contribution is -2.49. The molecule has 0 aliphatic carbocycles. The second-order valence-corrected chi connectivity index (χ2v) is 6.76. The minimum Gasteiger partial charge on any atom is -0.352 e. The van der Waals surface area contributed by atoms with Gasteiger partial charge in [-0.2, -0.15) is 5.10 Å². The zero-order valence-corrected chi connectivity index (χ0v) is 15.0. The van der Waals surface area contributed by atoms with E-state index in [0.29, 0.717) is 23.7 Å². The van der Waals surface area contributed by atoms with Gasteiger partial charge in [0.1, 0.15) is 0 Å². The number of benzene rings is 1. The van der Waals surface area contributed by atoms with Crippen LogP contribution in [0.15, 0.2) is 34.8 Å². The number of carbonyl (C=O) groups is 1. The Hall–Kier alpha value is -1.66. The Balaban J connectivity index is 1.67. The molecule has 0 saturated carbocycles. The van der Waals surface area contributed by atoms with Crippen molar-refractivity contribution in [1.29, 1.82) is 0 Å². The average Bonchev–Trinajstić information content (AvgIpc) is 2.57. The predicted molar refractivity (Wildman–Crippen MR) is 94.0 cm³/mol. The van der Waals surface area contributed by atoms with E-state index in [2.05, 4.69) is 31.0 Å². The first-order valence-electron chi connectivity index (χ1n) is 7.34. The first-order valence-corrected chi connectivity index (χ1v) is 8.51. The number of carbonyl (C=O) groups excluding carboxylic acids is 1. The lowest BCUT2D eigenvalue weighted by molar-refractivity contribution is 0.0746. The molecular weight excluding hydrogens is 380 g/mol. The molecule has 1 fully saturated rings. The molecule has 0 unspecified atom stereocenters. The van der Waals surface area contributed by atoms with Crippen LogP contribution in [-0.2, 0) is 0 Å². The van der Waals surface area contributed by atoms with Crippen LogP contribution in [0.25, 0.3) is 0 Å². The van der Waals surface area contributed by atoms with E-state index >= 15 is 0 Å². The molecule has 1 amide bonds. The van der Waals surface area contributed by atoms with Gasteiger partial charge in [0.2, 0.25) is 0 Å². The Morgan fingerprint density at radius 2 is 1.87 bits per heavy atom. The summed E-state index contributed by atoms with van der Waals surface area (Å²) in [6, 6.07) is 9.23. The predicted octanol–water partition coefficient (Wildman–Crippen LogP) is 3.16. The first-order chi connectivity index (χ1) is 11.0. The normalized spacial score (nSPS) is 14.9. The first kappa shape index (κ1) is 16.2. The fourth-order valence-corrected chi connectivity index (χ4v) is 3.09. The van der Waals surface area contributed by atoms with Crippen LogP contribution in [0.4, 0.5) is 5.82 Å². The number of anilines is 1. The molecule has 2 aromatic rings. The van der Waals surface area contributed by atoms with Gasteiger partial charge in [-0.25, -0.2) is 0 Å². The molecule has 0 spiro atoms. The standard InChI is InChI=1S/C16H16BrClN4O/c1-11-2-5-15(20-19-11)21-6-8-22(9-7-21)16(23)13-10-12(17)3-4-14(13)18/h2-5,10H,6-9H2,1H3. The van der Waals surface area contributed by atoms with Crippen LogP contribution in [0.1, 0.15) is 16.1 Å². The maximum Gasteiger partial charge on any atom is 0.255 e. The van der Waals surface area contributed by atoms with Crippen LogP contribution >= 0.6 is 27.5 Å². The smallest absolute Gasteiger partial charge is 0.255 e. The molecule has 1 aliphatic heterocycles. The van der Waals surface area contributed by atoms with Gasteiger partial charge >= 0.3 is 0 Å². The Labute approximate surface area is 148 Å². The molecular formula is C16H16BrClN4O. The molecule has 23 heavy (non-hydrogen) atoms. The number of nitrogens with zero attached hydrogens (tertiary/aromatic N) is 4. The van der Waals surface area contributed by atoms with Crippen molar-refractivity contribution in [3.8, 4) is 0 Å². The quantitative estimate of drug-likeness (QED) is 0.784. The maximum atomic E-state index is 12.6. The van der Waals surface area contributed by atoms with Crippen molar-refractivity contribution in [2.45, 2.75) is 6.92 Å². The maximum absolute atomic E-state index is 12.6. The minimum absolute atomic E-state index is 0.0362. The van der Waals surface area contributed by atoms with Crippen LogP contribution in [0.3, 0.4) is 0 Å². The van der Waals surface area contributed by atoms with Crippen molar-refractivity contribution in [1.82, 2.24) is 15.1 Å². The summed E-state index contributed by atoms with van der Waals surface area (Å²) in [6.45, 7) is 4.65. The molecule has 0 radical (unpaired) electrons. The number of aryl methyl sites for hydroxylation is 1. The molecule has 0 N–H and O–H groups in total. The number of aromatic nitrogens is 2. The van der Waals surface area contributed by atoms with Gasteiger partial charge in [-0.15, -0.1) is 5.10 Å². The molecule has 0 bridgehead atoms. The summed E-state index contributed by atoms with van der Waals surface area (Å²) in [7, 11) is 0. The molecule has 120 valence electrons. The number of piperazine rings is 1. The topological polar surface area (TPSA) is 49.3 Å². The van der Waals surface area contributed by atoms with Crippen molar-refractivity contribution in [2.75, 3.05) is 31.1 Å². The fourth-order valence-electron chi connectivity index (χ4n) is 2.53. The second kappa shape index (κ2) is 6.84. The zero-order valence-electron chi connectivity index (χ0n) is 12.7. The molecule has 1 saturated heterocycles. The monoisotopic (exact) mass is 394 g/mol. The zero-order chi connectivity index (χ0) is 16.4. The third-order valence-corrected chi connectivity index (χ3v) is 4.66. The summed E-state index contributed by atoms with van der Waals surface area (Å²) in [6.07, 6.45) is 0. The molecule has 7 heteroatoms. The molecule has 1 aromatic heterocycles. The van der Waals surface area contributed by atoms with Crippen molar-refractivity contribution < 1.29 is 4.79 Å². The van der Waals surface area contributed by atoms with Crippen LogP contribution in [0.5, 0.6) is 0 Å². The second-order valence-electron chi connectivity index (χ2n) is 5.44. The largest absolute Gasteiger partial charge is 0.352 e. The van der Waals surface area contributed by atoms with Gasteiger partial charge < -0.3 is 9.80 Å². The summed E-state index contributed by atoms with van der Waals surface area (Å²) >= 11 is 9.53. The van der Waals surface area contributed by atoms with Crippen molar-refractivity contribution in [2.24, 2.45) is 0 Å².